The average Bonchev–Trinajstić information content (AvgIpc) is 2.26. The number of nitrogens with two attached hydrogens (primary N) is 1. The fourth-order valence-corrected chi connectivity index (χ4v) is 1.32. The van der Waals surface area contributed by atoms with E-state index in [9.17, 15) is 14.9 Å². The number of hydrogen-bond donors (Lipinski definition) is 2. The van der Waals surface area contributed by atoms with Crippen LogP contribution in [0.3, 0.4) is 0 Å². The number of nitrogens with zero attached hydrogens (tertiary/aromatic N) is 2. The van der Waals surface area contributed by atoms with Crippen LogP contribution in [0, 0.1) is 21.4 Å². The van der Waals surface area contributed by atoms with Gasteiger partial charge in [-0.1, -0.05) is 0 Å². The van der Waals surface area contributed by atoms with E-state index in [2.05, 4.69) is 0 Å². The number of nitriles is 1. The fourth-order valence-electron chi connectivity index (χ4n) is 1.32. The Kier molecular flexibility index (Phi) is 3.17. The second-order valence-corrected chi connectivity index (χ2v) is 2.86. The Balaban J connectivity index is 3.60. The zero-order chi connectivity index (χ0) is 12.3. The van der Waals surface area contributed by atoms with E-state index in [1.807, 2.05) is 0 Å². The van der Waals surface area contributed by atoms with Gasteiger partial charge in [-0.05, 0) is 6.07 Å². The molecule has 3 N–H and O–H groups in total. The van der Waals surface area contributed by atoms with Crippen molar-refractivity contribution in [3.63, 3.8) is 0 Å². The number of benzene rings is 1. The second kappa shape index (κ2) is 4.37. The van der Waals surface area contributed by atoms with E-state index in [-0.39, 0.29) is 28.9 Å². The zero-order valence-corrected chi connectivity index (χ0v) is 8.01. The summed E-state index contributed by atoms with van der Waals surface area (Å²) in [5.41, 5.74) is 4.34. The van der Waals surface area contributed by atoms with Gasteiger partial charge in [-0.2, -0.15) is 5.26 Å². The molecule has 82 valence electrons. The molecule has 0 aliphatic heterocycles. The van der Waals surface area contributed by atoms with Gasteiger partial charge in [0.2, 0.25) is 0 Å². The van der Waals surface area contributed by atoms with Gasteiger partial charge in [-0.25, -0.2) is 4.79 Å². The predicted octanol–water partition coefficient (Wildman–Crippen LogP) is 0.623. The minimum absolute atomic E-state index is 0.0626. The molecule has 1 aromatic rings. The van der Waals surface area contributed by atoms with Crippen LogP contribution in [-0.2, 0) is 6.54 Å². The van der Waals surface area contributed by atoms with Crippen molar-refractivity contribution in [1.29, 1.82) is 5.26 Å². The van der Waals surface area contributed by atoms with Crippen molar-refractivity contribution < 1.29 is 14.8 Å². The Bertz CT molecular complexity index is 504. The van der Waals surface area contributed by atoms with E-state index in [4.69, 9.17) is 16.1 Å². The lowest BCUT2D eigenvalue weighted by atomic mass is 10.00. The molecule has 0 aliphatic carbocycles. The van der Waals surface area contributed by atoms with Gasteiger partial charge >= 0.3 is 5.97 Å². The van der Waals surface area contributed by atoms with Crippen LogP contribution in [0.15, 0.2) is 12.1 Å². The topological polar surface area (TPSA) is 130 Å². The van der Waals surface area contributed by atoms with Gasteiger partial charge in [-0.3, -0.25) is 10.1 Å². The van der Waals surface area contributed by atoms with Crippen molar-refractivity contribution in [2.75, 3.05) is 0 Å². The Labute approximate surface area is 89.9 Å². The van der Waals surface area contributed by atoms with E-state index in [1.54, 1.807) is 6.07 Å². The highest BCUT2D eigenvalue weighted by Gasteiger charge is 2.22. The summed E-state index contributed by atoms with van der Waals surface area (Å²) in [5.74, 6) is -1.32. The molecule has 0 bridgehead atoms. The molecular weight excluding hydrogens is 214 g/mol. The Morgan fingerprint density at radius 2 is 2.25 bits per heavy atom. The van der Waals surface area contributed by atoms with Crippen LogP contribution in [0.25, 0.3) is 0 Å². The molecular formula is C9H7N3O4. The molecule has 0 saturated heterocycles. The summed E-state index contributed by atoms with van der Waals surface area (Å²) >= 11 is 0. The number of carboxylic acid groups (broad SMARTS) is 1. The minimum Gasteiger partial charge on any atom is -0.478 e. The maximum absolute atomic E-state index is 10.8. The number of nitro groups is 1. The Morgan fingerprint density at radius 3 is 2.62 bits per heavy atom. The summed E-state index contributed by atoms with van der Waals surface area (Å²) in [4.78, 5) is 20.7. The van der Waals surface area contributed by atoms with Crippen LogP contribution in [0.4, 0.5) is 5.69 Å². The highest BCUT2D eigenvalue weighted by molar-refractivity contribution is 5.91. The molecule has 1 rings (SSSR count). The third-order valence-electron chi connectivity index (χ3n) is 2.03. The number of carbonyl (C=O) groups is 1. The van der Waals surface area contributed by atoms with Crippen LogP contribution in [0.2, 0.25) is 0 Å². The smallest absolute Gasteiger partial charge is 0.337 e. The van der Waals surface area contributed by atoms with E-state index in [1.165, 1.54) is 0 Å². The maximum Gasteiger partial charge on any atom is 0.337 e. The quantitative estimate of drug-likeness (QED) is 0.568. The molecule has 0 fully saturated rings. The summed E-state index contributed by atoms with van der Waals surface area (Å²) < 4.78 is 0. The lowest BCUT2D eigenvalue weighted by Gasteiger charge is -2.05. The summed E-state index contributed by atoms with van der Waals surface area (Å²) in [6.07, 6.45) is 0. The first-order chi connectivity index (χ1) is 7.52. The summed E-state index contributed by atoms with van der Waals surface area (Å²) in [7, 11) is 0. The number of hydrogen-bond acceptors (Lipinski definition) is 5. The van der Waals surface area contributed by atoms with Gasteiger partial charge in [0.25, 0.3) is 5.69 Å². The molecule has 7 nitrogen and oxygen atoms in total. The molecule has 7 heteroatoms. The van der Waals surface area contributed by atoms with E-state index >= 15 is 0 Å². The summed E-state index contributed by atoms with van der Waals surface area (Å²) in [6.45, 7) is -0.264. The molecule has 0 heterocycles. The van der Waals surface area contributed by atoms with Crippen molar-refractivity contribution in [3.05, 3.63) is 38.9 Å². The van der Waals surface area contributed by atoms with Crippen molar-refractivity contribution >= 4 is 11.7 Å². The molecule has 0 radical (unpaired) electrons. The molecule has 0 spiro atoms. The third kappa shape index (κ3) is 1.82. The van der Waals surface area contributed by atoms with Crippen LogP contribution >= 0.6 is 0 Å². The van der Waals surface area contributed by atoms with Crippen LogP contribution < -0.4 is 5.73 Å². The largest absolute Gasteiger partial charge is 0.478 e. The number of aromatic carboxylic acids is 1. The predicted molar refractivity (Wildman–Crippen MR) is 52.7 cm³/mol. The van der Waals surface area contributed by atoms with E-state index < -0.39 is 10.9 Å². The van der Waals surface area contributed by atoms with Gasteiger partial charge in [0.05, 0.1) is 21.6 Å². The molecule has 0 amide bonds. The SMILES string of the molecule is N#Cc1c(C(=O)O)ccc([N+](=O)[O-])c1CN. The number of rotatable bonds is 3. The highest BCUT2D eigenvalue weighted by Crippen LogP contribution is 2.24. The molecule has 0 aromatic heterocycles. The van der Waals surface area contributed by atoms with Gasteiger partial charge in [0, 0.05) is 12.6 Å². The zero-order valence-electron chi connectivity index (χ0n) is 8.01. The lowest BCUT2D eigenvalue weighted by Crippen LogP contribution is -2.09. The molecule has 0 saturated carbocycles. The normalized spacial score (nSPS) is 9.50. The number of carboxylic acids is 1. The Hall–Kier alpha value is -2.46. The molecule has 1 aromatic carbocycles. The summed E-state index contributed by atoms with van der Waals surface area (Å²) in [5, 5.41) is 28.2. The first-order valence-electron chi connectivity index (χ1n) is 4.16. The number of nitro benzene ring substituents is 1. The third-order valence-corrected chi connectivity index (χ3v) is 2.03. The molecule has 0 atom stereocenters. The van der Waals surface area contributed by atoms with E-state index in [0.717, 1.165) is 12.1 Å². The van der Waals surface area contributed by atoms with Crippen molar-refractivity contribution in [1.82, 2.24) is 0 Å². The van der Waals surface area contributed by atoms with Gasteiger partial charge in [-0.15, -0.1) is 0 Å². The van der Waals surface area contributed by atoms with Gasteiger partial charge in [0.1, 0.15) is 6.07 Å². The monoisotopic (exact) mass is 221 g/mol. The second-order valence-electron chi connectivity index (χ2n) is 2.86. The first-order valence-corrected chi connectivity index (χ1v) is 4.16. The Morgan fingerprint density at radius 1 is 1.62 bits per heavy atom. The van der Waals surface area contributed by atoms with E-state index in [0.29, 0.717) is 0 Å². The highest BCUT2D eigenvalue weighted by atomic mass is 16.6. The van der Waals surface area contributed by atoms with Crippen molar-refractivity contribution in [2.45, 2.75) is 6.54 Å². The molecule has 0 aliphatic rings. The molecule has 0 unspecified atom stereocenters. The maximum atomic E-state index is 10.8. The van der Waals surface area contributed by atoms with Crippen molar-refractivity contribution in [2.24, 2.45) is 5.73 Å². The van der Waals surface area contributed by atoms with Crippen LogP contribution in [-0.4, -0.2) is 16.0 Å². The fraction of sp³-hybridized carbons (Fsp3) is 0.111. The van der Waals surface area contributed by atoms with Gasteiger partial charge in [0.15, 0.2) is 0 Å². The standard InChI is InChI=1S/C9H7N3O4/c10-3-6-5(9(13)14)1-2-8(12(15)16)7(6)4-11/h1-2H,4,11H2,(H,13,14). The average molecular weight is 221 g/mol. The van der Waals surface area contributed by atoms with Crippen molar-refractivity contribution in [3.8, 4) is 6.07 Å². The van der Waals surface area contributed by atoms with Crippen LogP contribution in [0.1, 0.15) is 21.5 Å². The van der Waals surface area contributed by atoms with Crippen LogP contribution in [0.5, 0.6) is 0 Å². The summed E-state index contributed by atoms with van der Waals surface area (Å²) in [6, 6.07) is 3.69. The molecule has 16 heavy (non-hydrogen) atoms. The lowest BCUT2D eigenvalue weighted by molar-refractivity contribution is -0.385. The minimum atomic E-state index is -1.32. The first kappa shape index (κ1) is 11.6. The van der Waals surface area contributed by atoms with Gasteiger partial charge < -0.3 is 10.8 Å².